The molecule has 2 rings (SSSR count). The SMILES string of the molecule is CCCNC(=O)C(CC)N(Cc1ccc(C)cc1)C(=O)Cc1ccc(F)cc1. The first kappa shape index (κ1) is 21.6. The number of carbonyl (C=O) groups is 2. The second kappa shape index (κ2) is 10.6. The van der Waals surface area contributed by atoms with Gasteiger partial charge in [0.15, 0.2) is 0 Å². The molecule has 1 N–H and O–H groups in total. The Morgan fingerprint density at radius 2 is 1.61 bits per heavy atom. The molecule has 0 aliphatic rings. The van der Waals surface area contributed by atoms with Crippen LogP contribution in [0.4, 0.5) is 4.39 Å². The number of nitrogens with zero attached hydrogens (tertiary/aromatic N) is 1. The lowest BCUT2D eigenvalue weighted by molar-refractivity contribution is -0.140. The van der Waals surface area contributed by atoms with Crippen LogP contribution in [-0.4, -0.2) is 29.3 Å². The zero-order valence-electron chi connectivity index (χ0n) is 16.9. The molecule has 28 heavy (non-hydrogen) atoms. The van der Waals surface area contributed by atoms with Crippen LogP contribution in [0.1, 0.15) is 43.4 Å². The molecule has 0 aliphatic heterocycles. The van der Waals surface area contributed by atoms with Crippen molar-refractivity contribution in [1.29, 1.82) is 0 Å². The molecule has 0 spiro atoms. The lowest BCUT2D eigenvalue weighted by atomic mass is 10.1. The second-order valence-electron chi connectivity index (χ2n) is 7.03. The van der Waals surface area contributed by atoms with Crippen LogP contribution in [0.15, 0.2) is 48.5 Å². The number of rotatable bonds is 9. The number of nitrogens with one attached hydrogen (secondary N) is 1. The van der Waals surface area contributed by atoms with Crippen molar-refractivity contribution in [2.75, 3.05) is 6.54 Å². The number of aryl methyl sites for hydroxylation is 1. The van der Waals surface area contributed by atoms with Gasteiger partial charge in [-0.25, -0.2) is 4.39 Å². The Morgan fingerprint density at radius 3 is 2.18 bits per heavy atom. The Hall–Kier alpha value is -2.69. The van der Waals surface area contributed by atoms with E-state index in [-0.39, 0.29) is 24.1 Å². The number of benzene rings is 2. The van der Waals surface area contributed by atoms with Gasteiger partial charge in [-0.1, -0.05) is 55.8 Å². The second-order valence-corrected chi connectivity index (χ2v) is 7.03. The van der Waals surface area contributed by atoms with E-state index in [4.69, 9.17) is 0 Å². The van der Waals surface area contributed by atoms with Crippen LogP contribution in [0.25, 0.3) is 0 Å². The number of carbonyl (C=O) groups excluding carboxylic acids is 2. The number of halogens is 1. The summed E-state index contributed by atoms with van der Waals surface area (Å²) in [6, 6.07) is 13.3. The summed E-state index contributed by atoms with van der Waals surface area (Å²) < 4.78 is 13.2. The van der Waals surface area contributed by atoms with Crippen LogP contribution in [0, 0.1) is 12.7 Å². The Labute approximate surface area is 166 Å². The minimum Gasteiger partial charge on any atom is -0.354 e. The summed E-state index contributed by atoms with van der Waals surface area (Å²) in [7, 11) is 0. The minimum atomic E-state index is -0.541. The van der Waals surface area contributed by atoms with Crippen LogP contribution >= 0.6 is 0 Å². The molecule has 0 bridgehead atoms. The van der Waals surface area contributed by atoms with Crippen LogP contribution in [0.2, 0.25) is 0 Å². The van der Waals surface area contributed by atoms with Crippen molar-refractivity contribution in [3.63, 3.8) is 0 Å². The molecule has 4 nitrogen and oxygen atoms in total. The van der Waals surface area contributed by atoms with E-state index in [1.165, 1.54) is 12.1 Å². The maximum Gasteiger partial charge on any atom is 0.242 e. The zero-order valence-corrected chi connectivity index (χ0v) is 16.9. The summed E-state index contributed by atoms with van der Waals surface area (Å²) in [6.07, 6.45) is 1.49. The molecule has 2 aromatic rings. The van der Waals surface area contributed by atoms with Crippen molar-refractivity contribution in [2.45, 2.75) is 52.6 Å². The third-order valence-electron chi connectivity index (χ3n) is 4.68. The molecule has 0 heterocycles. The van der Waals surface area contributed by atoms with Gasteiger partial charge in [0.05, 0.1) is 6.42 Å². The predicted octanol–water partition coefficient (Wildman–Crippen LogP) is 4.01. The summed E-state index contributed by atoms with van der Waals surface area (Å²) in [5.74, 6) is -0.618. The Kier molecular flexibility index (Phi) is 8.18. The molecule has 0 radical (unpaired) electrons. The molecule has 150 valence electrons. The van der Waals surface area contributed by atoms with Gasteiger partial charge in [0.25, 0.3) is 0 Å². The van der Waals surface area contributed by atoms with Gasteiger partial charge in [0, 0.05) is 13.1 Å². The highest BCUT2D eigenvalue weighted by atomic mass is 19.1. The molecule has 2 aromatic carbocycles. The molecule has 2 amide bonds. The lowest BCUT2D eigenvalue weighted by Gasteiger charge is -2.31. The van der Waals surface area contributed by atoms with Gasteiger partial charge in [0.2, 0.25) is 11.8 Å². The van der Waals surface area contributed by atoms with Gasteiger partial charge in [-0.15, -0.1) is 0 Å². The van der Waals surface area contributed by atoms with Crippen LogP contribution < -0.4 is 5.32 Å². The number of hydrogen-bond donors (Lipinski definition) is 1. The fourth-order valence-electron chi connectivity index (χ4n) is 3.05. The van der Waals surface area contributed by atoms with Gasteiger partial charge in [0.1, 0.15) is 11.9 Å². The van der Waals surface area contributed by atoms with Gasteiger partial charge >= 0.3 is 0 Å². The molecular formula is C23H29FN2O2. The summed E-state index contributed by atoms with van der Waals surface area (Å²) in [5.41, 5.74) is 2.84. The topological polar surface area (TPSA) is 49.4 Å². The number of amides is 2. The first-order valence-electron chi connectivity index (χ1n) is 9.81. The quantitative estimate of drug-likeness (QED) is 0.710. The van der Waals surface area contributed by atoms with E-state index in [9.17, 15) is 14.0 Å². The Balaban J connectivity index is 2.24. The minimum absolute atomic E-state index is 0.129. The third kappa shape index (κ3) is 6.19. The molecule has 0 saturated heterocycles. The van der Waals surface area contributed by atoms with E-state index in [0.717, 1.165) is 23.1 Å². The fourth-order valence-corrected chi connectivity index (χ4v) is 3.05. The van der Waals surface area contributed by atoms with Crippen molar-refractivity contribution in [1.82, 2.24) is 10.2 Å². The van der Waals surface area contributed by atoms with Crippen molar-refractivity contribution in [3.8, 4) is 0 Å². The van der Waals surface area contributed by atoms with E-state index in [1.54, 1.807) is 17.0 Å². The highest BCUT2D eigenvalue weighted by Crippen LogP contribution is 2.15. The zero-order chi connectivity index (χ0) is 20.5. The first-order chi connectivity index (χ1) is 13.4. The van der Waals surface area contributed by atoms with Crippen LogP contribution in [0.5, 0.6) is 0 Å². The maximum atomic E-state index is 13.2. The molecular weight excluding hydrogens is 355 g/mol. The highest BCUT2D eigenvalue weighted by molar-refractivity contribution is 5.88. The molecule has 0 saturated carbocycles. The molecule has 1 unspecified atom stereocenters. The Bertz CT molecular complexity index is 772. The highest BCUT2D eigenvalue weighted by Gasteiger charge is 2.28. The van der Waals surface area contributed by atoms with Crippen molar-refractivity contribution in [2.24, 2.45) is 0 Å². The predicted molar refractivity (Wildman–Crippen MR) is 109 cm³/mol. The molecule has 0 fully saturated rings. The normalized spacial score (nSPS) is 11.7. The van der Waals surface area contributed by atoms with Gasteiger partial charge in [-0.05, 0) is 43.0 Å². The molecule has 0 aromatic heterocycles. The van der Waals surface area contributed by atoms with E-state index in [1.807, 2.05) is 45.0 Å². The van der Waals surface area contributed by atoms with Crippen LogP contribution in [-0.2, 0) is 22.6 Å². The Morgan fingerprint density at radius 1 is 1.00 bits per heavy atom. The largest absolute Gasteiger partial charge is 0.354 e. The fraction of sp³-hybridized carbons (Fsp3) is 0.391. The van der Waals surface area contributed by atoms with Crippen molar-refractivity contribution < 1.29 is 14.0 Å². The third-order valence-corrected chi connectivity index (χ3v) is 4.68. The van der Waals surface area contributed by atoms with Gasteiger partial charge < -0.3 is 10.2 Å². The summed E-state index contributed by atoms with van der Waals surface area (Å²) in [6.45, 7) is 6.85. The molecule has 1 atom stereocenters. The van der Waals surface area contributed by atoms with E-state index >= 15 is 0 Å². The molecule has 0 aliphatic carbocycles. The smallest absolute Gasteiger partial charge is 0.242 e. The maximum absolute atomic E-state index is 13.2. The van der Waals surface area contributed by atoms with E-state index < -0.39 is 6.04 Å². The first-order valence-corrected chi connectivity index (χ1v) is 9.81. The monoisotopic (exact) mass is 384 g/mol. The van der Waals surface area contributed by atoms with E-state index in [2.05, 4.69) is 5.32 Å². The van der Waals surface area contributed by atoms with Crippen molar-refractivity contribution >= 4 is 11.8 Å². The van der Waals surface area contributed by atoms with Crippen molar-refractivity contribution in [3.05, 3.63) is 71.0 Å². The van der Waals surface area contributed by atoms with E-state index in [0.29, 0.717) is 19.5 Å². The van der Waals surface area contributed by atoms with Gasteiger partial charge in [-0.2, -0.15) is 0 Å². The lowest BCUT2D eigenvalue weighted by Crippen LogP contribution is -2.49. The summed E-state index contributed by atoms with van der Waals surface area (Å²) in [5, 5.41) is 2.90. The average Bonchev–Trinajstić information content (AvgIpc) is 2.69. The number of hydrogen-bond acceptors (Lipinski definition) is 2. The molecule has 5 heteroatoms. The van der Waals surface area contributed by atoms with Crippen LogP contribution in [0.3, 0.4) is 0 Å². The summed E-state index contributed by atoms with van der Waals surface area (Å²) in [4.78, 5) is 27.4. The van der Waals surface area contributed by atoms with Gasteiger partial charge in [-0.3, -0.25) is 9.59 Å². The summed E-state index contributed by atoms with van der Waals surface area (Å²) >= 11 is 0. The average molecular weight is 384 g/mol. The standard InChI is InChI=1S/C23H29FN2O2/c1-4-14-25-23(28)21(5-2)26(16-19-8-6-17(3)7-9-19)22(27)15-18-10-12-20(24)13-11-18/h6-13,21H,4-5,14-16H2,1-3H3,(H,25,28).